The number of alkyl halides is 2. The van der Waals surface area contributed by atoms with E-state index in [1.54, 1.807) is 7.11 Å². The number of halogens is 2. The van der Waals surface area contributed by atoms with Crippen LogP contribution in [0.4, 0.5) is 14.5 Å². The lowest BCUT2D eigenvalue weighted by Crippen LogP contribution is -2.11. The third-order valence-electron chi connectivity index (χ3n) is 3.25. The summed E-state index contributed by atoms with van der Waals surface area (Å²) >= 11 is 0. The zero-order valence-electron chi connectivity index (χ0n) is 12.5. The van der Waals surface area contributed by atoms with Crippen molar-refractivity contribution in [3.63, 3.8) is 0 Å². The molecule has 4 nitrogen and oxygen atoms in total. The van der Waals surface area contributed by atoms with Crippen molar-refractivity contribution in [2.24, 2.45) is 0 Å². The Hall–Kier alpha value is -1.99. The minimum absolute atomic E-state index is 0.387. The van der Waals surface area contributed by atoms with Gasteiger partial charge >= 0.3 is 5.76 Å². The van der Waals surface area contributed by atoms with Crippen molar-refractivity contribution in [3.8, 4) is 0 Å². The second-order valence-electron chi connectivity index (χ2n) is 4.93. The molecule has 7 heteroatoms. The number of anilines is 1. The van der Waals surface area contributed by atoms with E-state index in [2.05, 4.69) is 5.32 Å². The molecule has 0 fully saturated rings. The van der Waals surface area contributed by atoms with Gasteiger partial charge in [-0.05, 0) is 35.4 Å². The number of hydrogen-bond donors (Lipinski definition) is 1. The molecule has 0 saturated carbocycles. The van der Waals surface area contributed by atoms with E-state index in [0.717, 1.165) is 11.1 Å². The monoisotopic (exact) mass is 341 g/mol. The minimum atomic E-state index is -4.54. The van der Waals surface area contributed by atoms with Crippen LogP contribution in [0.5, 0.6) is 0 Å². The molecule has 2 aromatic rings. The Bertz CT molecular complexity index is 729. The molecule has 0 aliphatic heterocycles. The quantitative estimate of drug-likeness (QED) is 0.838. The number of hydrogen-bond acceptors (Lipinski definition) is 4. The Labute approximate surface area is 134 Å². The molecule has 0 bridgehead atoms. The van der Waals surface area contributed by atoms with Gasteiger partial charge in [0.05, 0.1) is 11.5 Å². The fourth-order valence-electron chi connectivity index (χ4n) is 1.99. The van der Waals surface area contributed by atoms with Gasteiger partial charge in [-0.15, -0.1) is 0 Å². The van der Waals surface area contributed by atoms with Crippen molar-refractivity contribution in [1.82, 2.24) is 0 Å². The van der Waals surface area contributed by atoms with Crippen molar-refractivity contribution in [2.75, 3.05) is 12.4 Å². The third kappa shape index (κ3) is 4.49. The zero-order valence-corrected chi connectivity index (χ0v) is 13.3. The Morgan fingerprint density at radius 2 is 1.57 bits per heavy atom. The summed E-state index contributed by atoms with van der Waals surface area (Å²) in [6, 6.07) is 13.1. The lowest BCUT2D eigenvalue weighted by molar-refractivity contribution is 0.185. The van der Waals surface area contributed by atoms with Crippen molar-refractivity contribution in [3.05, 3.63) is 59.7 Å². The van der Waals surface area contributed by atoms with Crippen molar-refractivity contribution >= 4 is 15.5 Å². The van der Waals surface area contributed by atoms with E-state index in [0.29, 0.717) is 18.8 Å². The number of benzene rings is 2. The van der Waals surface area contributed by atoms with Crippen LogP contribution in [0.1, 0.15) is 11.1 Å². The maximum Gasteiger partial charge on any atom is 0.341 e. The molecule has 0 aliphatic rings. The predicted octanol–water partition coefficient (Wildman–Crippen LogP) is 3.44. The smallest absolute Gasteiger partial charge is 0.341 e. The topological polar surface area (TPSA) is 55.4 Å². The molecule has 0 spiro atoms. The second-order valence-corrected chi connectivity index (χ2v) is 6.85. The summed E-state index contributed by atoms with van der Waals surface area (Å²) in [7, 11) is -2.91. The van der Waals surface area contributed by atoms with E-state index < -0.39 is 15.6 Å². The normalized spacial score (nSPS) is 11.7. The van der Waals surface area contributed by atoms with Gasteiger partial charge in [-0.25, -0.2) is 8.42 Å². The molecular weight excluding hydrogens is 324 g/mol. The van der Waals surface area contributed by atoms with E-state index in [9.17, 15) is 17.2 Å². The largest absolute Gasteiger partial charge is 0.381 e. The van der Waals surface area contributed by atoms with Crippen LogP contribution in [0, 0.1) is 0 Å². The van der Waals surface area contributed by atoms with Gasteiger partial charge in [-0.3, -0.25) is 0 Å². The molecule has 0 aromatic heterocycles. The molecule has 0 radical (unpaired) electrons. The lowest BCUT2D eigenvalue weighted by atomic mass is 10.1. The highest BCUT2D eigenvalue weighted by atomic mass is 32.2. The average molecular weight is 341 g/mol. The first-order valence-electron chi connectivity index (χ1n) is 6.86. The fraction of sp³-hybridized carbons (Fsp3) is 0.250. The van der Waals surface area contributed by atoms with Gasteiger partial charge in [0.25, 0.3) is 0 Å². The summed E-state index contributed by atoms with van der Waals surface area (Å²) in [6.07, 6.45) is 0. The molecular formula is C16H17F2NO3S. The first-order chi connectivity index (χ1) is 10.9. The predicted molar refractivity (Wildman–Crippen MR) is 84.1 cm³/mol. The fourth-order valence-corrected chi connectivity index (χ4v) is 2.71. The summed E-state index contributed by atoms with van der Waals surface area (Å²) in [6.45, 7) is 1.09. The number of nitrogens with one attached hydrogen (secondary N) is 1. The standard InChI is InChI=1S/C16H17F2NO3S/c1-22-11-13-4-2-12(3-5-13)10-19-14-6-8-15(9-7-14)23(20,21)16(17)18/h2-9,16,19H,10-11H2,1H3. The highest BCUT2D eigenvalue weighted by molar-refractivity contribution is 7.91. The number of sulfone groups is 1. The van der Waals surface area contributed by atoms with Crippen LogP contribution in [0.2, 0.25) is 0 Å². The Morgan fingerprint density at radius 1 is 1.00 bits per heavy atom. The zero-order chi connectivity index (χ0) is 16.9. The van der Waals surface area contributed by atoms with E-state index in [1.165, 1.54) is 24.3 Å². The number of rotatable bonds is 7. The van der Waals surface area contributed by atoms with Crippen LogP contribution in [-0.2, 0) is 27.7 Å². The summed E-state index contributed by atoms with van der Waals surface area (Å²) in [4.78, 5) is -0.387. The highest BCUT2D eigenvalue weighted by Gasteiger charge is 2.26. The summed E-state index contributed by atoms with van der Waals surface area (Å²) in [5, 5.41) is 3.11. The van der Waals surface area contributed by atoms with Gasteiger partial charge in [-0.2, -0.15) is 8.78 Å². The maximum atomic E-state index is 12.4. The Balaban J connectivity index is 1.99. The molecule has 0 unspecified atom stereocenters. The molecule has 2 rings (SSSR count). The van der Waals surface area contributed by atoms with Crippen LogP contribution in [-0.4, -0.2) is 21.3 Å². The van der Waals surface area contributed by atoms with Gasteiger partial charge in [0.15, 0.2) is 0 Å². The summed E-state index contributed by atoms with van der Waals surface area (Å²) in [5.41, 5.74) is 2.76. The second kappa shape index (κ2) is 7.52. The summed E-state index contributed by atoms with van der Waals surface area (Å²) in [5.74, 6) is -3.41. The van der Waals surface area contributed by atoms with E-state index >= 15 is 0 Å². The molecule has 0 heterocycles. The Morgan fingerprint density at radius 3 is 2.09 bits per heavy atom. The van der Waals surface area contributed by atoms with Crippen molar-refractivity contribution in [2.45, 2.75) is 23.8 Å². The number of methoxy groups -OCH3 is 1. The SMILES string of the molecule is COCc1ccc(CNc2ccc(S(=O)(=O)C(F)F)cc2)cc1. The molecule has 1 N–H and O–H groups in total. The van der Waals surface area contributed by atoms with Crippen LogP contribution < -0.4 is 5.32 Å². The first-order valence-corrected chi connectivity index (χ1v) is 8.41. The molecule has 0 saturated heterocycles. The molecule has 2 aromatic carbocycles. The van der Waals surface area contributed by atoms with Crippen molar-refractivity contribution in [1.29, 1.82) is 0 Å². The van der Waals surface area contributed by atoms with Crippen LogP contribution in [0.15, 0.2) is 53.4 Å². The van der Waals surface area contributed by atoms with Gasteiger partial charge in [-0.1, -0.05) is 24.3 Å². The molecule has 0 amide bonds. The van der Waals surface area contributed by atoms with Gasteiger partial charge in [0.2, 0.25) is 9.84 Å². The van der Waals surface area contributed by atoms with Crippen LogP contribution in [0.25, 0.3) is 0 Å². The maximum absolute atomic E-state index is 12.4. The molecule has 0 atom stereocenters. The lowest BCUT2D eigenvalue weighted by Gasteiger charge is -2.09. The van der Waals surface area contributed by atoms with E-state index in [-0.39, 0.29) is 4.90 Å². The Kier molecular flexibility index (Phi) is 5.68. The van der Waals surface area contributed by atoms with Crippen LogP contribution in [0.3, 0.4) is 0 Å². The van der Waals surface area contributed by atoms with E-state index in [4.69, 9.17) is 4.74 Å². The van der Waals surface area contributed by atoms with Crippen LogP contribution >= 0.6 is 0 Å². The molecule has 124 valence electrons. The van der Waals surface area contributed by atoms with E-state index in [1.807, 2.05) is 24.3 Å². The van der Waals surface area contributed by atoms with Gasteiger partial charge in [0.1, 0.15) is 0 Å². The van der Waals surface area contributed by atoms with Crippen molar-refractivity contribution < 1.29 is 21.9 Å². The minimum Gasteiger partial charge on any atom is -0.381 e. The summed E-state index contributed by atoms with van der Waals surface area (Å²) < 4.78 is 52.6. The molecule has 23 heavy (non-hydrogen) atoms. The third-order valence-corrected chi connectivity index (χ3v) is 4.65. The first kappa shape index (κ1) is 17.4. The van der Waals surface area contributed by atoms with Gasteiger partial charge < -0.3 is 10.1 Å². The van der Waals surface area contributed by atoms with Gasteiger partial charge in [0, 0.05) is 19.3 Å². The average Bonchev–Trinajstić information content (AvgIpc) is 2.55. The molecule has 0 aliphatic carbocycles. The number of ether oxygens (including phenoxy) is 1. The highest BCUT2D eigenvalue weighted by Crippen LogP contribution is 2.20.